The fourth-order valence-corrected chi connectivity index (χ4v) is 3.23. The van der Waals surface area contributed by atoms with Gasteiger partial charge in [-0.15, -0.1) is 11.8 Å². The number of anilines is 2. The molecule has 0 aromatic heterocycles. The molecule has 0 unspecified atom stereocenters. The highest BCUT2D eigenvalue weighted by atomic mass is 35.5. The molecule has 1 aliphatic rings. The summed E-state index contributed by atoms with van der Waals surface area (Å²) in [4.78, 5) is 17.7. The van der Waals surface area contributed by atoms with Crippen molar-refractivity contribution in [2.75, 3.05) is 42.7 Å². The standard InChI is InChI=1S/C18H20ClN3OS/c1-24-17-8-4-15(5-9-17)20-18(23)22-12-10-21(11-13-22)16-6-2-14(19)3-7-16/h2-9H,10-13H2,1H3,(H,20,23). The first-order valence-corrected chi connectivity index (χ1v) is 9.46. The fraction of sp³-hybridized carbons (Fsp3) is 0.278. The lowest BCUT2D eigenvalue weighted by atomic mass is 10.2. The lowest BCUT2D eigenvalue weighted by Gasteiger charge is -2.36. The van der Waals surface area contributed by atoms with Gasteiger partial charge in [-0.05, 0) is 54.8 Å². The van der Waals surface area contributed by atoms with Crippen LogP contribution >= 0.6 is 23.4 Å². The van der Waals surface area contributed by atoms with Crippen LogP contribution in [0.15, 0.2) is 53.4 Å². The molecule has 6 heteroatoms. The summed E-state index contributed by atoms with van der Waals surface area (Å²) in [6, 6.07) is 15.7. The van der Waals surface area contributed by atoms with Gasteiger partial charge in [0.25, 0.3) is 0 Å². The zero-order valence-electron chi connectivity index (χ0n) is 13.5. The molecule has 1 fully saturated rings. The first-order chi connectivity index (χ1) is 11.7. The Bertz CT molecular complexity index is 682. The molecule has 0 radical (unpaired) electrons. The lowest BCUT2D eigenvalue weighted by Crippen LogP contribution is -2.50. The van der Waals surface area contributed by atoms with E-state index in [0.717, 1.165) is 29.5 Å². The van der Waals surface area contributed by atoms with E-state index >= 15 is 0 Å². The molecule has 2 amide bonds. The Balaban J connectivity index is 1.53. The number of piperazine rings is 1. The molecule has 1 heterocycles. The van der Waals surface area contributed by atoms with Gasteiger partial charge < -0.3 is 15.1 Å². The van der Waals surface area contributed by atoms with E-state index in [1.165, 1.54) is 4.90 Å². The molecule has 3 rings (SSSR count). The summed E-state index contributed by atoms with van der Waals surface area (Å²) in [5, 5.41) is 3.71. The van der Waals surface area contributed by atoms with Crippen molar-refractivity contribution < 1.29 is 4.79 Å². The van der Waals surface area contributed by atoms with Crippen LogP contribution in [-0.2, 0) is 0 Å². The SMILES string of the molecule is CSc1ccc(NC(=O)N2CCN(c3ccc(Cl)cc3)CC2)cc1. The Morgan fingerprint density at radius 1 is 1.00 bits per heavy atom. The number of rotatable bonds is 3. The van der Waals surface area contributed by atoms with Gasteiger partial charge in [0.05, 0.1) is 0 Å². The number of nitrogens with zero attached hydrogens (tertiary/aromatic N) is 2. The van der Waals surface area contributed by atoms with Gasteiger partial charge in [0, 0.05) is 47.5 Å². The highest BCUT2D eigenvalue weighted by Crippen LogP contribution is 2.20. The van der Waals surface area contributed by atoms with Crippen LogP contribution in [0.5, 0.6) is 0 Å². The number of halogens is 1. The molecular weight excluding hydrogens is 342 g/mol. The number of carbonyl (C=O) groups excluding carboxylic acids is 1. The third-order valence-corrected chi connectivity index (χ3v) is 5.10. The van der Waals surface area contributed by atoms with Crippen LogP contribution < -0.4 is 10.2 Å². The number of hydrogen-bond donors (Lipinski definition) is 1. The molecule has 1 saturated heterocycles. The van der Waals surface area contributed by atoms with Crippen molar-refractivity contribution in [1.82, 2.24) is 4.90 Å². The largest absolute Gasteiger partial charge is 0.368 e. The quantitative estimate of drug-likeness (QED) is 0.822. The van der Waals surface area contributed by atoms with Crippen LogP contribution in [0.2, 0.25) is 5.02 Å². The number of thioether (sulfide) groups is 1. The van der Waals surface area contributed by atoms with Crippen molar-refractivity contribution >= 4 is 40.8 Å². The van der Waals surface area contributed by atoms with Crippen LogP contribution in [0, 0.1) is 0 Å². The molecule has 4 nitrogen and oxygen atoms in total. The van der Waals surface area contributed by atoms with Crippen LogP contribution in [-0.4, -0.2) is 43.4 Å². The molecule has 2 aromatic carbocycles. The van der Waals surface area contributed by atoms with Gasteiger partial charge in [-0.3, -0.25) is 0 Å². The minimum absolute atomic E-state index is 0.0392. The maximum absolute atomic E-state index is 12.4. The first-order valence-electron chi connectivity index (χ1n) is 7.86. The Morgan fingerprint density at radius 3 is 2.21 bits per heavy atom. The predicted octanol–water partition coefficient (Wildman–Crippen LogP) is 4.42. The molecule has 1 N–H and O–H groups in total. The number of urea groups is 1. The summed E-state index contributed by atoms with van der Waals surface area (Å²) in [6.07, 6.45) is 2.04. The van der Waals surface area contributed by atoms with E-state index in [4.69, 9.17) is 11.6 Å². The maximum atomic E-state index is 12.4. The number of hydrogen-bond acceptors (Lipinski definition) is 3. The van der Waals surface area contributed by atoms with Crippen molar-refractivity contribution in [2.24, 2.45) is 0 Å². The maximum Gasteiger partial charge on any atom is 0.321 e. The van der Waals surface area contributed by atoms with Gasteiger partial charge in [-0.1, -0.05) is 11.6 Å². The lowest BCUT2D eigenvalue weighted by molar-refractivity contribution is 0.208. The van der Waals surface area contributed by atoms with E-state index in [2.05, 4.69) is 10.2 Å². The van der Waals surface area contributed by atoms with Gasteiger partial charge in [0.15, 0.2) is 0 Å². The predicted molar refractivity (Wildman–Crippen MR) is 102 cm³/mol. The Kier molecular flexibility index (Phi) is 5.53. The second-order valence-corrected chi connectivity index (χ2v) is 6.93. The van der Waals surface area contributed by atoms with Crippen molar-refractivity contribution in [3.05, 3.63) is 53.6 Å². The molecule has 0 bridgehead atoms. The second kappa shape index (κ2) is 7.81. The molecule has 0 spiro atoms. The normalized spacial score (nSPS) is 14.6. The second-order valence-electron chi connectivity index (χ2n) is 5.61. The monoisotopic (exact) mass is 361 g/mol. The zero-order chi connectivity index (χ0) is 16.9. The first kappa shape index (κ1) is 17.0. The average Bonchev–Trinajstić information content (AvgIpc) is 2.63. The third kappa shape index (κ3) is 4.16. The number of nitrogens with one attached hydrogen (secondary N) is 1. The smallest absolute Gasteiger partial charge is 0.321 e. The highest BCUT2D eigenvalue weighted by molar-refractivity contribution is 7.98. The summed E-state index contributed by atoms with van der Waals surface area (Å²) >= 11 is 7.62. The van der Waals surface area contributed by atoms with Gasteiger partial charge in [0.1, 0.15) is 0 Å². The average molecular weight is 362 g/mol. The van der Waals surface area contributed by atoms with Gasteiger partial charge in [0.2, 0.25) is 0 Å². The van der Waals surface area contributed by atoms with E-state index in [0.29, 0.717) is 13.1 Å². The summed E-state index contributed by atoms with van der Waals surface area (Å²) in [6.45, 7) is 3.05. The summed E-state index contributed by atoms with van der Waals surface area (Å²) in [5.41, 5.74) is 1.98. The van der Waals surface area contributed by atoms with Crippen LogP contribution in [0.1, 0.15) is 0 Å². The summed E-state index contributed by atoms with van der Waals surface area (Å²) in [7, 11) is 0. The molecule has 126 valence electrons. The van der Waals surface area contributed by atoms with E-state index in [1.807, 2.05) is 59.7 Å². The van der Waals surface area contributed by atoms with Crippen LogP contribution in [0.4, 0.5) is 16.2 Å². The van der Waals surface area contributed by atoms with E-state index < -0.39 is 0 Å². The minimum Gasteiger partial charge on any atom is -0.368 e. The molecule has 1 aliphatic heterocycles. The summed E-state index contributed by atoms with van der Waals surface area (Å²) < 4.78 is 0. The molecule has 24 heavy (non-hydrogen) atoms. The van der Waals surface area contributed by atoms with Gasteiger partial charge in [-0.25, -0.2) is 4.79 Å². The van der Waals surface area contributed by atoms with E-state index in [-0.39, 0.29) is 6.03 Å². The van der Waals surface area contributed by atoms with E-state index in [1.54, 1.807) is 11.8 Å². The minimum atomic E-state index is -0.0392. The topological polar surface area (TPSA) is 35.6 Å². The van der Waals surface area contributed by atoms with Crippen LogP contribution in [0.3, 0.4) is 0 Å². The third-order valence-electron chi connectivity index (χ3n) is 4.10. The van der Waals surface area contributed by atoms with Gasteiger partial charge >= 0.3 is 6.03 Å². The zero-order valence-corrected chi connectivity index (χ0v) is 15.1. The molecule has 2 aromatic rings. The van der Waals surface area contributed by atoms with Crippen molar-refractivity contribution in [2.45, 2.75) is 4.90 Å². The van der Waals surface area contributed by atoms with E-state index in [9.17, 15) is 4.79 Å². The molecular formula is C18H20ClN3OS. The number of carbonyl (C=O) groups is 1. The van der Waals surface area contributed by atoms with Crippen LogP contribution in [0.25, 0.3) is 0 Å². The van der Waals surface area contributed by atoms with Gasteiger partial charge in [-0.2, -0.15) is 0 Å². The Hall–Kier alpha value is -1.85. The van der Waals surface area contributed by atoms with Crippen molar-refractivity contribution in [3.8, 4) is 0 Å². The van der Waals surface area contributed by atoms with Crippen molar-refractivity contribution in [3.63, 3.8) is 0 Å². The molecule has 0 aliphatic carbocycles. The highest BCUT2D eigenvalue weighted by Gasteiger charge is 2.21. The molecule has 0 saturated carbocycles. The van der Waals surface area contributed by atoms with Crippen molar-refractivity contribution in [1.29, 1.82) is 0 Å². The number of amides is 2. The Morgan fingerprint density at radius 2 is 1.62 bits per heavy atom. The summed E-state index contributed by atoms with van der Waals surface area (Å²) in [5.74, 6) is 0. The molecule has 0 atom stereocenters. The Labute approximate surface area is 151 Å². The fourth-order valence-electron chi connectivity index (χ4n) is 2.70. The number of benzene rings is 2.